The van der Waals surface area contributed by atoms with Gasteiger partial charge in [-0.2, -0.15) is 0 Å². The van der Waals surface area contributed by atoms with Gasteiger partial charge in [-0.25, -0.2) is 0 Å². The van der Waals surface area contributed by atoms with E-state index in [1.165, 1.54) is 0 Å². The van der Waals surface area contributed by atoms with Crippen LogP contribution in [-0.4, -0.2) is 28.9 Å². The number of aromatic amines is 1. The molecule has 0 aliphatic carbocycles. The van der Waals surface area contributed by atoms with Gasteiger partial charge in [0, 0.05) is 24.0 Å². The quantitative estimate of drug-likeness (QED) is 0.879. The summed E-state index contributed by atoms with van der Waals surface area (Å²) in [5.41, 5.74) is 1.71. The van der Waals surface area contributed by atoms with E-state index >= 15 is 0 Å². The van der Waals surface area contributed by atoms with Crippen molar-refractivity contribution in [2.45, 2.75) is 27.7 Å². The zero-order valence-corrected chi connectivity index (χ0v) is 12.8. The van der Waals surface area contributed by atoms with Crippen LogP contribution in [0, 0.1) is 11.8 Å². The fourth-order valence-corrected chi connectivity index (χ4v) is 2.48. The van der Waals surface area contributed by atoms with E-state index in [0.29, 0.717) is 17.5 Å². The van der Waals surface area contributed by atoms with E-state index in [2.05, 4.69) is 32.7 Å². The second kappa shape index (κ2) is 6.12. The van der Waals surface area contributed by atoms with Crippen molar-refractivity contribution in [3.05, 3.63) is 36.0 Å². The molecule has 0 saturated carbocycles. The lowest BCUT2D eigenvalue weighted by Crippen LogP contribution is -2.37. The summed E-state index contributed by atoms with van der Waals surface area (Å²) in [5, 5.41) is 1.09. The van der Waals surface area contributed by atoms with Crippen LogP contribution in [0.3, 0.4) is 0 Å². The molecule has 1 heterocycles. The molecule has 1 N–H and O–H groups in total. The summed E-state index contributed by atoms with van der Waals surface area (Å²) in [6.45, 7) is 10.2. The first-order valence-corrected chi connectivity index (χ1v) is 7.34. The van der Waals surface area contributed by atoms with Crippen molar-refractivity contribution in [3.63, 3.8) is 0 Å². The molecule has 0 aliphatic rings. The molecule has 0 unspecified atom stereocenters. The molecule has 1 amide bonds. The van der Waals surface area contributed by atoms with Crippen LogP contribution in [0.5, 0.6) is 0 Å². The SMILES string of the molecule is CC(C)CN(CC(C)C)C(=O)c1cc2ccccc2[nH]1. The molecule has 2 rings (SSSR count). The van der Waals surface area contributed by atoms with Gasteiger partial charge in [0.1, 0.15) is 5.69 Å². The monoisotopic (exact) mass is 272 g/mol. The Labute approximate surface area is 121 Å². The van der Waals surface area contributed by atoms with E-state index in [4.69, 9.17) is 0 Å². The zero-order valence-electron chi connectivity index (χ0n) is 12.8. The van der Waals surface area contributed by atoms with Crippen molar-refractivity contribution in [2.75, 3.05) is 13.1 Å². The van der Waals surface area contributed by atoms with Gasteiger partial charge in [-0.15, -0.1) is 0 Å². The number of hydrogen-bond donors (Lipinski definition) is 1. The third-order valence-corrected chi connectivity index (χ3v) is 3.22. The molecule has 0 fully saturated rings. The lowest BCUT2D eigenvalue weighted by molar-refractivity contribution is 0.0710. The van der Waals surface area contributed by atoms with Gasteiger partial charge < -0.3 is 9.88 Å². The number of benzene rings is 1. The van der Waals surface area contributed by atoms with Gasteiger partial charge in [-0.1, -0.05) is 45.9 Å². The molecular formula is C17H24N2O. The van der Waals surface area contributed by atoms with Crippen LogP contribution in [0.1, 0.15) is 38.2 Å². The number of carbonyl (C=O) groups excluding carboxylic acids is 1. The summed E-state index contributed by atoms with van der Waals surface area (Å²) in [6, 6.07) is 9.95. The van der Waals surface area contributed by atoms with E-state index in [1.807, 2.05) is 35.2 Å². The minimum Gasteiger partial charge on any atom is -0.351 e. The summed E-state index contributed by atoms with van der Waals surface area (Å²) in [5.74, 6) is 1.05. The van der Waals surface area contributed by atoms with Gasteiger partial charge in [0.2, 0.25) is 0 Å². The van der Waals surface area contributed by atoms with Crippen molar-refractivity contribution >= 4 is 16.8 Å². The average molecular weight is 272 g/mol. The summed E-state index contributed by atoms with van der Waals surface area (Å²) < 4.78 is 0. The van der Waals surface area contributed by atoms with Gasteiger partial charge in [0.25, 0.3) is 5.91 Å². The smallest absolute Gasteiger partial charge is 0.270 e. The van der Waals surface area contributed by atoms with E-state index in [1.54, 1.807) is 0 Å². The van der Waals surface area contributed by atoms with Gasteiger partial charge in [-0.05, 0) is 24.0 Å². The van der Waals surface area contributed by atoms with Crippen molar-refractivity contribution in [1.29, 1.82) is 0 Å². The highest BCUT2D eigenvalue weighted by Crippen LogP contribution is 2.17. The number of fused-ring (bicyclic) bond motifs is 1. The zero-order chi connectivity index (χ0) is 14.7. The normalized spacial score (nSPS) is 11.5. The Morgan fingerprint density at radius 1 is 1.10 bits per heavy atom. The van der Waals surface area contributed by atoms with E-state index in [-0.39, 0.29) is 5.91 Å². The van der Waals surface area contributed by atoms with Gasteiger partial charge in [-0.3, -0.25) is 4.79 Å². The summed E-state index contributed by atoms with van der Waals surface area (Å²) >= 11 is 0. The average Bonchev–Trinajstić information content (AvgIpc) is 2.79. The topological polar surface area (TPSA) is 36.1 Å². The minimum absolute atomic E-state index is 0.101. The molecule has 1 aromatic carbocycles. The first-order chi connectivity index (χ1) is 9.47. The van der Waals surface area contributed by atoms with E-state index in [0.717, 1.165) is 24.0 Å². The first-order valence-electron chi connectivity index (χ1n) is 7.34. The highest BCUT2D eigenvalue weighted by Gasteiger charge is 2.19. The van der Waals surface area contributed by atoms with Crippen LogP contribution in [0.25, 0.3) is 10.9 Å². The van der Waals surface area contributed by atoms with E-state index in [9.17, 15) is 4.79 Å². The maximum Gasteiger partial charge on any atom is 0.270 e. The number of carbonyl (C=O) groups is 1. The Morgan fingerprint density at radius 2 is 1.70 bits per heavy atom. The largest absolute Gasteiger partial charge is 0.351 e. The molecular weight excluding hydrogens is 248 g/mol. The predicted molar refractivity (Wildman–Crippen MR) is 83.9 cm³/mol. The molecule has 0 spiro atoms. The second-order valence-electron chi connectivity index (χ2n) is 6.27. The molecule has 108 valence electrons. The number of amides is 1. The Bertz CT molecular complexity index is 540. The number of para-hydroxylation sites is 1. The third-order valence-electron chi connectivity index (χ3n) is 3.22. The minimum atomic E-state index is 0.101. The summed E-state index contributed by atoms with van der Waals surface area (Å²) in [6.07, 6.45) is 0. The first kappa shape index (κ1) is 14.6. The predicted octanol–water partition coefficient (Wildman–Crippen LogP) is 3.92. The standard InChI is InChI=1S/C17H24N2O/c1-12(2)10-19(11-13(3)4)17(20)16-9-14-7-5-6-8-15(14)18-16/h5-9,12-13,18H,10-11H2,1-4H3. The molecule has 2 aromatic rings. The van der Waals surface area contributed by atoms with Crippen molar-refractivity contribution in [3.8, 4) is 0 Å². The number of aromatic nitrogens is 1. The number of nitrogens with zero attached hydrogens (tertiary/aromatic N) is 1. The third kappa shape index (κ3) is 3.41. The van der Waals surface area contributed by atoms with Crippen LogP contribution >= 0.6 is 0 Å². The highest BCUT2D eigenvalue weighted by molar-refractivity contribution is 5.98. The fourth-order valence-electron chi connectivity index (χ4n) is 2.48. The second-order valence-corrected chi connectivity index (χ2v) is 6.27. The Hall–Kier alpha value is -1.77. The van der Waals surface area contributed by atoms with Crippen LogP contribution < -0.4 is 0 Å². The molecule has 1 aromatic heterocycles. The van der Waals surface area contributed by atoms with Crippen molar-refractivity contribution < 1.29 is 4.79 Å². The number of hydrogen-bond acceptors (Lipinski definition) is 1. The Kier molecular flexibility index (Phi) is 4.48. The molecule has 0 saturated heterocycles. The van der Waals surface area contributed by atoms with Crippen molar-refractivity contribution in [1.82, 2.24) is 9.88 Å². The number of H-pyrrole nitrogens is 1. The number of rotatable bonds is 5. The Morgan fingerprint density at radius 3 is 2.25 bits per heavy atom. The molecule has 20 heavy (non-hydrogen) atoms. The van der Waals surface area contributed by atoms with Crippen LogP contribution in [0.2, 0.25) is 0 Å². The van der Waals surface area contributed by atoms with Gasteiger partial charge in [0.15, 0.2) is 0 Å². The van der Waals surface area contributed by atoms with Crippen molar-refractivity contribution in [2.24, 2.45) is 11.8 Å². The van der Waals surface area contributed by atoms with Gasteiger partial charge in [0.05, 0.1) is 0 Å². The Balaban J connectivity index is 2.25. The fraction of sp³-hybridized carbons (Fsp3) is 0.471. The van der Waals surface area contributed by atoms with Crippen LogP contribution in [0.15, 0.2) is 30.3 Å². The van der Waals surface area contributed by atoms with Crippen LogP contribution in [-0.2, 0) is 0 Å². The lowest BCUT2D eigenvalue weighted by atomic mass is 10.1. The summed E-state index contributed by atoms with van der Waals surface area (Å²) in [4.78, 5) is 17.9. The summed E-state index contributed by atoms with van der Waals surface area (Å²) in [7, 11) is 0. The van der Waals surface area contributed by atoms with Crippen LogP contribution in [0.4, 0.5) is 0 Å². The molecule has 0 atom stereocenters. The molecule has 3 nitrogen and oxygen atoms in total. The molecule has 0 aliphatic heterocycles. The number of nitrogens with one attached hydrogen (secondary N) is 1. The molecule has 3 heteroatoms. The maximum absolute atomic E-state index is 12.7. The lowest BCUT2D eigenvalue weighted by Gasteiger charge is -2.25. The van der Waals surface area contributed by atoms with Gasteiger partial charge >= 0.3 is 0 Å². The molecule has 0 bridgehead atoms. The maximum atomic E-state index is 12.7. The molecule has 0 radical (unpaired) electrons. The highest BCUT2D eigenvalue weighted by atomic mass is 16.2. The van der Waals surface area contributed by atoms with E-state index < -0.39 is 0 Å².